The molecule has 0 atom stereocenters. The van der Waals surface area contributed by atoms with E-state index in [1.54, 1.807) is 6.20 Å². The molecule has 5 heteroatoms. The van der Waals surface area contributed by atoms with Crippen LogP contribution in [0.3, 0.4) is 0 Å². The second kappa shape index (κ2) is 5.65. The molecule has 0 bridgehead atoms. The van der Waals surface area contributed by atoms with E-state index in [1.807, 2.05) is 6.07 Å². The number of aromatic nitrogens is 1. The standard InChI is InChI=1S/C14H21ClN4/c15-13-9-17-14(7-12(13)8-16)19-5-3-18(4-6-19)10-11-1-2-11/h7,9,11H,1-6,8,10,16H2. The van der Waals surface area contributed by atoms with Crippen LogP contribution in [0, 0.1) is 5.92 Å². The van der Waals surface area contributed by atoms with Gasteiger partial charge >= 0.3 is 0 Å². The lowest BCUT2D eigenvalue weighted by Gasteiger charge is -2.35. The summed E-state index contributed by atoms with van der Waals surface area (Å²) < 4.78 is 0. The molecule has 0 amide bonds. The first-order valence-corrected chi connectivity index (χ1v) is 7.46. The molecule has 2 heterocycles. The Morgan fingerprint density at radius 1 is 1.26 bits per heavy atom. The average molecular weight is 281 g/mol. The van der Waals surface area contributed by atoms with Crippen LogP contribution in [0.25, 0.3) is 0 Å². The SMILES string of the molecule is NCc1cc(N2CCN(CC3CC3)CC2)ncc1Cl. The van der Waals surface area contributed by atoms with Crippen LogP contribution in [-0.4, -0.2) is 42.6 Å². The van der Waals surface area contributed by atoms with Crippen molar-refractivity contribution in [2.45, 2.75) is 19.4 Å². The number of pyridine rings is 1. The highest BCUT2D eigenvalue weighted by Gasteiger charge is 2.26. The lowest BCUT2D eigenvalue weighted by Crippen LogP contribution is -2.47. The van der Waals surface area contributed by atoms with Crippen molar-refractivity contribution < 1.29 is 0 Å². The molecule has 2 aliphatic rings. The third-order valence-electron chi connectivity index (χ3n) is 4.05. The summed E-state index contributed by atoms with van der Waals surface area (Å²) in [4.78, 5) is 9.34. The van der Waals surface area contributed by atoms with Gasteiger partial charge < -0.3 is 10.6 Å². The molecule has 1 saturated carbocycles. The Kier molecular flexibility index (Phi) is 3.91. The highest BCUT2D eigenvalue weighted by molar-refractivity contribution is 6.31. The number of halogens is 1. The minimum Gasteiger partial charge on any atom is -0.354 e. The molecule has 2 N–H and O–H groups in total. The Balaban J connectivity index is 1.60. The van der Waals surface area contributed by atoms with Crippen LogP contribution in [0.2, 0.25) is 5.02 Å². The molecule has 1 saturated heterocycles. The molecule has 19 heavy (non-hydrogen) atoms. The van der Waals surface area contributed by atoms with Crippen LogP contribution in [0.4, 0.5) is 5.82 Å². The molecule has 2 fully saturated rings. The van der Waals surface area contributed by atoms with E-state index in [-0.39, 0.29) is 0 Å². The lowest BCUT2D eigenvalue weighted by atomic mass is 10.2. The Morgan fingerprint density at radius 2 is 2.00 bits per heavy atom. The van der Waals surface area contributed by atoms with Crippen LogP contribution in [0.5, 0.6) is 0 Å². The third kappa shape index (κ3) is 3.19. The Morgan fingerprint density at radius 3 is 2.63 bits per heavy atom. The second-order valence-electron chi connectivity index (χ2n) is 5.57. The molecular formula is C14H21ClN4. The largest absolute Gasteiger partial charge is 0.354 e. The number of anilines is 1. The van der Waals surface area contributed by atoms with Gasteiger partial charge in [-0.2, -0.15) is 0 Å². The molecule has 1 aliphatic heterocycles. The zero-order valence-electron chi connectivity index (χ0n) is 11.2. The van der Waals surface area contributed by atoms with Crippen molar-refractivity contribution >= 4 is 17.4 Å². The summed E-state index contributed by atoms with van der Waals surface area (Å²) in [6, 6.07) is 2.03. The Bertz CT molecular complexity index is 439. The molecular weight excluding hydrogens is 260 g/mol. The predicted molar refractivity (Wildman–Crippen MR) is 78.5 cm³/mol. The molecule has 3 rings (SSSR count). The van der Waals surface area contributed by atoms with E-state index in [2.05, 4.69) is 14.8 Å². The van der Waals surface area contributed by atoms with Gasteiger partial charge in [0.05, 0.1) is 5.02 Å². The first-order chi connectivity index (χ1) is 9.26. The summed E-state index contributed by atoms with van der Waals surface area (Å²) in [5, 5.41) is 0.665. The smallest absolute Gasteiger partial charge is 0.128 e. The fourth-order valence-corrected chi connectivity index (χ4v) is 2.80. The fourth-order valence-electron chi connectivity index (χ4n) is 2.62. The monoisotopic (exact) mass is 280 g/mol. The Labute approximate surface area is 119 Å². The molecule has 0 spiro atoms. The van der Waals surface area contributed by atoms with Gasteiger partial charge in [-0.05, 0) is 30.4 Å². The van der Waals surface area contributed by atoms with Crippen molar-refractivity contribution in [2.24, 2.45) is 11.7 Å². The topological polar surface area (TPSA) is 45.4 Å². The van der Waals surface area contributed by atoms with E-state index >= 15 is 0 Å². The fraction of sp³-hybridized carbons (Fsp3) is 0.643. The van der Waals surface area contributed by atoms with E-state index < -0.39 is 0 Å². The molecule has 104 valence electrons. The maximum atomic E-state index is 6.05. The van der Waals surface area contributed by atoms with E-state index in [9.17, 15) is 0 Å². The van der Waals surface area contributed by atoms with Crippen molar-refractivity contribution in [1.82, 2.24) is 9.88 Å². The Hall–Kier alpha value is -0.840. The summed E-state index contributed by atoms with van der Waals surface area (Å²) in [5.41, 5.74) is 6.67. The van der Waals surface area contributed by atoms with Crippen molar-refractivity contribution in [2.75, 3.05) is 37.6 Å². The van der Waals surface area contributed by atoms with Crippen LogP contribution in [0.15, 0.2) is 12.3 Å². The average Bonchev–Trinajstić information content (AvgIpc) is 3.24. The van der Waals surface area contributed by atoms with Gasteiger partial charge in [0, 0.05) is 45.5 Å². The quantitative estimate of drug-likeness (QED) is 0.912. The van der Waals surface area contributed by atoms with E-state index in [4.69, 9.17) is 17.3 Å². The summed E-state index contributed by atoms with van der Waals surface area (Å²) in [7, 11) is 0. The van der Waals surface area contributed by atoms with E-state index in [0.29, 0.717) is 11.6 Å². The van der Waals surface area contributed by atoms with Crippen LogP contribution in [-0.2, 0) is 6.54 Å². The molecule has 1 aromatic heterocycles. The number of nitrogens with zero attached hydrogens (tertiary/aromatic N) is 3. The minimum absolute atomic E-state index is 0.468. The molecule has 0 unspecified atom stereocenters. The zero-order chi connectivity index (χ0) is 13.2. The molecule has 0 radical (unpaired) electrons. The van der Waals surface area contributed by atoms with Crippen molar-refractivity contribution in [3.63, 3.8) is 0 Å². The first kappa shape index (κ1) is 13.2. The van der Waals surface area contributed by atoms with Crippen LogP contribution < -0.4 is 10.6 Å². The molecule has 1 aromatic rings. The minimum atomic E-state index is 0.468. The number of nitrogens with two attached hydrogens (primary N) is 1. The third-order valence-corrected chi connectivity index (χ3v) is 4.39. The van der Waals surface area contributed by atoms with Crippen molar-refractivity contribution in [3.8, 4) is 0 Å². The number of rotatable bonds is 4. The molecule has 1 aliphatic carbocycles. The van der Waals surface area contributed by atoms with Gasteiger partial charge in [-0.25, -0.2) is 4.98 Å². The molecule has 0 aromatic carbocycles. The number of piperazine rings is 1. The highest BCUT2D eigenvalue weighted by Crippen LogP contribution is 2.30. The van der Waals surface area contributed by atoms with Gasteiger partial charge in [0.15, 0.2) is 0 Å². The summed E-state index contributed by atoms with van der Waals surface area (Å²) in [6.07, 6.45) is 4.58. The van der Waals surface area contributed by atoms with Gasteiger partial charge in [0.1, 0.15) is 5.82 Å². The predicted octanol–water partition coefficient (Wildman–Crippen LogP) is 1.73. The lowest BCUT2D eigenvalue weighted by molar-refractivity contribution is 0.247. The van der Waals surface area contributed by atoms with Gasteiger partial charge in [-0.1, -0.05) is 11.6 Å². The summed E-state index contributed by atoms with van der Waals surface area (Å²) in [5.74, 6) is 1.99. The van der Waals surface area contributed by atoms with Crippen molar-refractivity contribution in [1.29, 1.82) is 0 Å². The van der Waals surface area contributed by atoms with Gasteiger partial charge in [-0.3, -0.25) is 4.90 Å². The maximum absolute atomic E-state index is 6.05. The van der Waals surface area contributed by atoms with Gasteiger partial charge in [0.25, 0.3) is 0 Å². The highest BCUT2D eigenvalue weighted by atomic mass is 35.5. The van der Waals surface area contributed by atoms with Crippen molar-refractivity contribution in [3.05, 3.63) is 22.8 Å². The summed E-state index contributed by atoms with van der Waals surface area (Å²) >= 11 is 6.05. The number of hydrogen-bond acceptors (Lipinski definition) is 4. The number of hydrogen-bond donors (Lipinski definition) is 1. The van der Waals surface area contributed by atoms with E-state index in [1.165, 1.54) is 19.4 Å². The zero-order valence-corrected chi connectivity index (χ0v) is 11.9. The van der Waals surface area contributed by atoms with Crippen LogP contribution >= 0.6 is 11.6 Å². The maximum Gasteiger partial charge on any atom is 0.128 e. The second-order valence-corrected chi connectivity index (χ2v) is 5.98. The van der Waals surface area contributed by atoms with E-state index in [0.717, 1.165) is 43.5 Å². The first-order valence-electron chi connectivity index (χ1n) is 7.08. The van der Waals surface area contributed by atoms with Gasteiger partial charge in [0.2, 0.25) is 0 Å². The summed E-state index contributed by atoms with van der Waals surface area (Å²) in [6.45, 7) is 6.13. The normalized spacial score (nSPS) is 20.8. The molecule has 4 nitrogen and oxygen atoms in total. The van der Waals surface area contributed by atoms with Crippen LogP contribution in [0.1, 0.15) is 18.4 Å². The van der Waals surface area contributed by atoms with Gasteiger partial charge in [-0.15, -0.1) is 0 Å².